The van der Waals surface area contributed by atoms with Gasteiger partial charge in [-0.15, -0.1) is 0 Å². The van der Waals surface area contributed by atoms with E-state index >= 15 is 0 Å². The van der Waals surface area contributed by atoms with Crippen LogP contribution < -0.4 is 4.90 Å². The Kier molecular flexibility index (Phi) is 13.1. The van der Waals surface area contributed by atoms with Gasteiger partial charge in [-0.05, 0) is 69.8 Å². The van der Waals surface area contributed by atoms with Gasteiger partial charge in [0.25, 0.3) is 5.69 Å². The predicted octanol–water partition coefficient (Wildman–Crippen LogP) is 12.8. The van der Waals surface area contributed by atoms with Crippen molar-refractivity contribution in [3.05, 3.63) is 274 Å². The van der Waals surface area contributed by atoms with Crippen molar-refractivity contribution in [1.29, 1.82) is 0 Å². The maximum Gasteiger partial charge on any atom is 0.269 e. The topological polar surface area (TPSA) is 89.6 Å². The molecule has 0 amide bonds. The number of nitro groups is 1. The Morgan fingerprint density at radius 3 is 0.952 bits per heavy atom. The van der Waals surface area contributed by atoms with Gasteiger partial charge in [0.15, 0.2) is 0 Å². The molecule has 306 valence electrons. The molecule has 0 bridgehead atoms. The smallest absolute Gasteiger partial charge is 0.269 e. The first-order valence-corrected chi connectivity index (χ1v) is 20.7. The van der Waals surface area contributed by atoms with Crippen LogP contribution in [-0.2, 0) is 20.7 Å². The van der Waals surface area contributed by atoms with Crippen molar-refractivity contribution in [3.8, 4) is 0 Å². The number of anilines is 1. The van der Waals surface area contributed by atoms with Crippen LogP contribution in [0.2, 0.25) is 0 Å². The van der Waals surface area contributed by atoms with Gasteiger partial charge in [0, 0.05) is 30.9 Å². The number of hydrogen-bond acceptors (Lipinski definition) is 7. The molecule has 0 saturated carbocycles. The molecule has 62 heavy (non-hydrogen) atoms. The van der Waals surface area contributed by atoms with Gasteiger partial charge in [-0.1, -0.05) is 182 Å². The molecule has 8 rings (SSSR count). The second-order valence-corrected chi connectivity index (χ2v) is 14.7. The third-order valence-electron chi connectivity index (χ3n) is 11.0. The third-order valence-corrected chi connectivity index (χ3v) is 11.0. The van der Waals surface area contributed by atoms with E-state index in [0.29, 0.717) is 37.7 Å². The summed E-state index contributed by atoms with van der Waals surface area (Å²) < 4.78 is 14.5. The standard InChI is InChI=1S/C54H46N4O4/c59-58(60)52-37-33-50(34-38-52)56-55-49-31-35-51(36-32-49)57(39-41-61-53(43-19-7-1-8-20-43,44-21-9-2-10-22-44)45-23-11-3-12-24-45)40-42-62-54(46-25-13-4-14-26-46,47-27-15-5-16-28-47)48-29-17-6-18-30-48/h1-38H,39-42H2. The summed E-state index contributed by atoms with van der Waals surface area (Å²) in [5.41, 5.74) is 6.59. The van der Waals surface area contributed by atoms with E-state index in [-0.39, 0.29) is 5.69 Å². The molecule has 0 atom stereocenters. The van der Waals surface area contributed by atoms with Gasteiger partial charge in [-0.3, -0.25) is 10.1 Å². The van der Waals surface area contributed by atoms with Crippen LogP contribution in [-0.4, -0.2) is 31.2 Å². The second-order valence-electron chi connectivity index (χ2n) is 14.7. The number of azo groups is 1. The number of ether oxygens (including phenoxy) is 2. The number of rotatable bonds is 18. The summed E-state index contributed by atoms with van der Waals surface area (Å²) >= 11 is 0. The summed E-state index contributed by atoms with van der Waals surface area (Å²) in [5, 5.41) is 19.9. The van der Waals surface area contributed by atoms with E-state index in [1.165, 1.54) is 12.1 Å². The fourth-order valence-corrected chi connectivity index (χ4v) is 8.01. The van der Waals surface area contributed by atoms with E-state index in [1.54, 1.807) is 12.1 Å². The zero-order valence-electron chi connectivity index (χ0n) is 34.2. The van der Waals surface area contributed by atoms with Gasteiger partial charge in [0.05, 0.1) is 29.5 Å². The Morgan fingerprint density at radius 2 is 0.677 bits per heavy atom. The first-order valence-electron chi connectivity index (χ1n) is 20.7. The maximum atomic E-state index is 11.1. The molecule has 0 N–H and O–H groups in total. The molecular formula is C54H46N4O4. The van der Waals surface area contributed by atoms with Crippen molar-refractivity contribution in [1.82, 2.24) is 0 Å². The normalized spacial score (nSPS) is 11.7. The molecule has 0 saturated heterocycles. The number of nitro benzene ring substituents is 1. The molecule has 0 fully saturated rings. The Morgan fingerprint density at radius 1 is 0.403 bits per heavy atom. The molecule has 0 aliphatic heterocycles. The van der Waals surface area contributed by atoms with Crippen LogP contribution in [0.1, 0.15) is 33.4 Å². The summed E-state index contributed by atoms with van der Waals surface area (Å²) in [6.45, 7) is 1.83. The van der Waals surface area contributed by atoms with Gasteiger partial charge in [0.2, 0.25) is 0 Å². The van der Waals surface area contributed by atoms with E-state index in [0.717, 1.165) is 39.1 Å². The average molecular weight is 815 g/mol. The molecule has 0 aromatic heterocycles. The minimum Gasteiger partial charge on any atom is -0.367 e. The van der Waals surface area contributed by atoms with Gasteiger partial charge >= 0.3 is 0 Å². The SMILES string of the molecule is O=[N+]([O-])c1ccc(N=Nc2ccc(N(CCOC(c3ccccc3)(c3ccccc3)c3ccccc3)CCOC(c3ccccc3)(c3ccccc3)c3ccccc3)cc2)cc1. The van der Waals surface area contributed by atoms with Gasteiger partial charge in [0.1, 0.15) is 11.2 Å². The number of hydrogen-bond donors (Lipinski definition) is 0. The molecule has 0 radical (unpaired) electrons. The van der Waals surface area contributed by atoms with Crippen molar-refractivity contribution in [2.24, 2.45) is 10.2 Å². The van der Waals surface area contributed by atoms with Gasteiger partial charge in [-0.2, -0.15) is 10.2 Å². The van der Waals surface area contributed by atoms with Crippen molar-refractivity contribution in [2.45, 2.75) is 11.2 Å². The largest absolute Gasteiger partial charge is 0.367 e. The van der Waals surface area contributed by atoms with Gasteiger partial charge < -0.3 is 14.4 Å². The molecule has 8 aromatic carbocycles. The first kappa shape index (κ1) is 41.2. The molecule has 0 aliphatic rings. The minimum atomic E-state index is -0.878. The summed E-state index contributed by atoms with van der Waals surface area (Å²) in [5.74, 6) is 0. The third kappa shape index (κ3) is 9.12. The van der Waals surface area contributed by atoms with Crippen molar-refractivity contribution < 1.29 is 14.4 Å². The van der Waals surface area contributed by atoms with Crippen LogP contribution in [0.4, 0.5) is 22.7 Å². The predicted molar refractivity (Wildman–Crippen MR) is 246 cm³/mol. The average Bonchev–Trinajstić information content (AvgIpc) is 3.35. The van der Waals surface area contributed by atoms with Gasteiger partial charge in [-0.25, -0.2) is 0 Å². The lowest BCUT2D eigenvalue weighted by molar-refractivity contribution is -0.384. The highest BCUT2D eigenvalue weighted by Crippen LogP contribution is 2.42. The zero-order chi connectivity index (χ0) is 42.5. The zero-order valence-corrected chi connectivity index (χ0v) is 34.2. The van der Waals surface area contributed by atoms with Crippen molar-refractivity contribution in [2.75, 3.05) is 31.2 Å². The molecule has 8 nitrogen and oxygen atoms in total. The minimum absolute atomic E-state index is 0.00319. The summed E-state index contributed by atoms with van der Waals surface area (Å²) in [7, 11) is 0. The van der Waals surface area contributed by atoms with Crippen LogP contribution >= 0.6 is 0 Å². The lowest BCUT2D eigenvalue weighted by atomic mass is 9.80. The van der Waals surface area contributed by atoms with E-state index in [4.69, 9.17) is 9.47 Å². The summed E-state index contributed by atoms with van der Waals surface area (Å²) in [4.78, 5) is 13.0. The molecule has 0 spiro atoms. The summed E-state index contributed by atoms with van der Waals surface area (Å²) in [6.07, 6.45) is 0. The van der Waals surface area contributed by atoms with E-state index in [9.17, 15) is 10.1 Å². The van der Waals surface area contributed by atoms with Crippen LogP contribution in [0.25, 0.3) is 0 Å². The molecule has 0 unspecified atom stereocenters. The first-order chi connectivity index (χ1) is 30.6. The Labute approximate surface area is 362 Å². The molecule has 0 heterocycles. The van der Waals surface area contributed by atoms with Crippen molar-refractivity contribution >= 4 is 22.7 Å². The summed E-state index contributed by atoms with van der Waals surface area (Å²) in [6, 6.07) is 76.3. The monoisotopic (exact) mass is 814 g/mol. The Bertz CT molecular complexity index is 2310. The van der Waals surface area contributed by atoms with Crippen LogP contribution in [0.5, 0.6) is 0 Å². The lowest BCUT2D eigenvalue weighted by Crippen LogP contribution is -2.39. The Hall–Kier alpha value is -7.52. The highest BCUT2D eigenvalue weighted by atomic mass is 16.6. The highest BCUT2D eigenvalue weighted by molar-refractivity contribution is 5.54. The molecule has 8 heteroatoms. The fraction of sp³-hybridized carbons (Fsp3) is 0.111. The molecule has 8 aromatic rings. The fourth-order valence-electron chi connectivity index (χ4n) is 8.01. The van der Waals surface area contributed by atoms with Crippen LogP contribution in [0, 0.1) is 10.1 Å². The van der Waals surface area contributed by atoms with Crippen LogP contribution in [0.3, 0.4) is 0 Å². The quantitative estimate of drug-likeness (QED) is 0.0372. The maximum absolute atomic E-state index is 11.1. The van der Waals surface area contributed by atoms with E-state index < -0.39 is 16.1 Å². The number of nitrogens with zero attached hydrogens (tertiary/aromatic N) is 4. The van der Waals surface area contributed by atoms with Crippen molar-refractivity contribution in [3.63, 3.8) is 0 Å². The second kappa shape index (κ2) is 19.7. The molecule has 0 aliphatic carbocycles. The van der Waals surface area contributed by atoms with E-state index in [2.05, 4.69) is 161 Å². The Balaban J connectivity index is 1.12. The number of non-ortho nitro benzene ring substituents is 1. The molecular weight excluding hydrogens is 769 g/mol. The van der Waals surface area contributed by atoms with E-state index in [1.807, 2.05) is 60.7 Å². The lowest BCUT2D eigenvalue weighted by Gasteiger charge is -2.38. The highest BCUT2D eigenvalue weighted by Gasteiger charge is 2.39. The number of benzene rings is 8. The van der Waals surface area contributed by atoms with Crippen LogP contribution in [0.15, 0.2) is 241 Å².